The van der Waals surface area contributed by atoms with Crippen molar-refractivity contribution in [3.8, 4) is 0 Å². The molecule has 3 aromatic rings. The van der Waals surface area contributed by atoms with Crippen molar-refractivity contribution in [2.24, 2.45) is 5.92 Å². The molecule has 1 amide bonds. The van der Waals surface area contributed by atoms with Crippen LogP contribution in [-0.4, -0.2) is 45.3 Å². The Morgan fingerprint density at radius 2 is 1.84 bits per heavy atom. The zero-order valence-corrected chi connectivity index (χ0v) is 22.1. The first-order chi connectivity index (χ1) is 17.5. The smallest absolute Gasteiger partial charge is 0.255 e. The second-order valence-electron chi connectivity index (χ2n) is 10.2. The fourth-order valence-electron chi connectivity index (χ4n) is 5.71. The van der Waals surface area contributed by atoms with E-state index in [-0.39, 0.29) is 35.8 Å². The van der Waals surface area contributed by atoms with Gasteiger partial charge in [0, 0.05) is 29.5 Å². The Balaban J connectivity index is 1.80. The largest absolute Gasteiger partial charge is 0.386 e. The highest BCUT2D eigenvalue weighted by Crippen LogP contribution is 2.64. The molecule has 0 saturated heterocycles. The molecule has 1 fully saturated rings. The summed E-state index contributed by atoms with van der Waals surface area (Å²) in [7, 11) is 1.43. The maximum Gasteiger partial charge on any atom is 0.255 e. The first-order valence-electron chi connectivity index (χ1n) is 11.9. The molecule has 2 N–H and O–H groups in total. The Bertz CT molecular complexity index is 1370. The van der Waals surface area contributed by atoms with Gasteiger partial charge in [-0.05, 0) is 66.8 Å². The maximum atomic E-state index is 16.3. The molecule has 1 aliphatic carbocycles. The van der Waals surface area contributed by atoms with E-state index in [1.165, 1.54) is 37.3 Å². The van der Waals surface area contributed by atoms with Gasteiger partial charge >= 0.3 is 0 Å². The number of fused-ring (bicyclic) bond motifs is 1. The Morgan fingerprint density at radius 3 is 2.41 bits per heavy atom. The fraction of sp³-hybridized carbons (Fsp3) is 0.357. The van der Waals surface area contributed by atoms with Crippen molar-refractivity contribution in [1.82, 2.24) is 9.88 Å². The molecular formula is C28H27Cl2FN2O4. The average Bonchev–Trinajstić information content (AvgIpc) is 3.39. The van der Waals surface area contributed by atoms with Gasteiger partial charge in [0.05, 0.1) is 29.5 Å². The number of benzene rings is 2. The van der Waals surface area contributed by atoms with Crippen LogP contribution in [0.15, 0.2) is 54.7 Å². The number of pyridine rings is 1. The number of aliphatic hydroxyl groups is 2. The number of carbonyl (C=O) groups excluding carboxylic acids is 1. The maximum absolute atomic E-state index is 16.3. The van der Waals surface area contributed by atoms with Gasteiger partial charge in [0.15, 0.2) is 0 Å². The predicted octanol–water partition coefficient (Wildman–Crippen LogP) is 5.05. The lowest BCUT2D eigenvalue weighted by atomic mass is 9.74. The van der Waals surface area contributed by atoms with Crippen LogP contribution in [0, 0.1) is 11.7 Å². The van der Waals surface area contributed by atoms with Crippen LogP contribution >= 0.6 is 23.2 Å². The normalized spacial score (nSPS) is 26.2. The minimum absolute atomic E-state index is 0.00836. The van der Waals surface area contributed by atoms with Gasteiger partial charge in [-0.2, -0.15) is 0 Å². The second-order valence-corrected chi connectivity index (χ2v) is 11.1. The Labute approximate surface area is 224 Å². The molecule has 0 bridgehead atoms. The summed E-state index contributed by atoms with van der Waals surface area (Å²) in [6.45, 7) is 3.26. The second kappa shape index (κ2) is 9.03. The summed E-state index contributed by atoms with van der Waals surface area (Å²) in [5.41, 5.74) is -3.16. The third-order valence-corrected chi connectivity index (χ3v) is 8.13. The Morgan fingerprint density at radius 1 is 1.19 bits per heavy atom. The number of carbonyl (C=O) groups is 1. The van der Waals surface area contributed by atoms with Gasteiger partial charge < -0.3 is 19.8 Å². The van der Waals surface area contributed by atoms with E-state index in [2.05, 4.69) is 4.98 Å². The first kappa shape index (κ1) is 26.1. The molecule has 2 aromatic carbocycles. The minimum atomic E-state index is -1.56. The van der Waals surface area contributed by atoms with Crippen molar-refractivity contribution in [2.75, 3.05) is 13.7 Å². The molecule has 2 heterocycles. The number of nitrogens with zero attached hydrogens (tertiary/aromatic N) is 2. The zero-order valence-electron chi connectivity index (χ0n) is 20.6. The predicted molar refractivity (Wildman–Crippen MR) is 138 cm³/mol. The number of methoxy groups -OCH3 is 1. The number of hydrogen-bond donors (Lipinski definition) is 2. The lowest BCUT2D eigenvalue weighted by molar-refractivity contribution is -0.0249. The highest BCUT2D eigenvalue weighted by molar-refractivity contribution is 6.30. The molecule has 5 rings (SSSR count). The number of hydrogen-bond acceptors (Lipinski definition) is 5. The summed E-state index contributed by atoms with van der Waals surface area (Å²) >= 11 is 12.2. The van der Waals surface area contributed by atoms with E-state index in [9.17, 15) is 15.0 Å². The van der Waals surface area contributed by atoms with Gasteiger partial charge in [-0.15, -0.1) is 0 Å². The van der Waals surface area contributed by atoms with Crippen molar-refractivity contribution in [1.29, 1.82) is 0 Å². The van der Waals surface area contributed by atoms with Crippen LogP contribution in [0.1, 0.15) is 53.0 Å². The number of ether oxygens (including phenoxy) is 1. The van der Waals surface area contributed by atoms with Crippen molar-refractivity contribution < 1.29 is 24.1 Å². The molecule has 194 valence electrons. The van der Waals surface area contributed by atoms with Crippen LogP contribution in [-0.2, 0) is 22.4 Å². The third kappa shape index (κ3) is 3.96. The van der Waals surface area contributed by atoms with Gasteiger partial charge in [-0.25, -0.2) is 4.39 Å². The van der Waals surface area contributed by atoms with E-state index in [0.29, 0.717) is 27.7 Å². The number of halogens is 3. The van der Waals surface area contributed by atoms with Gasteiger partial charge in [0.2, 0.25) is 0 Å². The van der Waals surface area contributed by atoms with Crippen LogP contribution in [0.3, 0.4) is 0 Å². The van der Waals surface area contributed by atoms with E-state index >= 15 is 4.39 Å². The molecule has 1 aromatic heterocycles. The monoisotopic (exact) mass is 544 g/mol. The summed E-state index contributed by atoms with van der Waals surface area (Å²) in [5.74, 6) is -1.41. The lowest BCUT2D eigenvalue weighted by Crippen LogP contribution is -2.55. The van der Waals surface area contributed by atoms with Gasteiger partial charge in [0.1, 0.15) is 17.0 Å². The minimum Gasteiger partial charge on any atom is -0.386 e. The summed E-state index contributed by atoms with van der Waals surface area (Å²) in [5, 5.41) is 23.9. The molecule has 4 atom stereocenters. The highest BCUT2D eigenvalue weighted by atomic mass is 35.5. The van der Waals surface area contributed by atoms with Crippen molar-refractivity contribution in [3.63, 3.8) is 0 Å². The zero-order chi connectivity index (χ0) is 26.8. The quantitative estimate of drug-likeness (QED) is 0.434. The molecule has 3 unspecified atom stereocenters. The molecule has 1 saturated carbocycles. The number of aromatic nitrogens is 1. The van der Waals surface area contributed by atoms with Crippen LogP contribution < -0.4 is 0 Å². The molecule has 0 spiro atoms. The highest BCUT2D eigenvalue weighted by Gasteiger charge is 2.72. The standard InChI is InChI=1S/C28H27Cl2FN2O4/c1-16-12-27(16,36)28(17-4-6-19(29)7-5-17)24-22(10-18(11-23(24)31)26(2,35)15-37-3)25(34)33(28)14-21-9-8-20(30)13-32-21/h4-11,13,16,35-36H,12,14-15H2,1-3H3/t16?,26?,27?,28-/m1/s1. The lowest BCUT2D eigenvalue weighted by Gasteiger charge is -2.44. The van der Waals surface area contributed by atoms with E-state index < -0.39 is 28.5 Å². The van der Waals surface area contributed by atoms with Crippen molar-refractivity contribution >= 4 is 29.1 Å². The van der Waals surface area contributed by atoms with E-state index in [1.807, 2.05) is 6.92 Å². The summed E-state index contributed by atoms with van der Waals surface area (Å²) < 4.78 is 21.4. The third-order valence-electron chi connectivity index (χ3n) is 7.65. The molecule has 37 heavy (non-hydrogen) atoms. The van der Waals surface area contributed by atoms with Gasteiger partial charge in [-0.1, -0.05) is 42.3 Å². The molecule has 6 nitrogen and oxygen atoms in total. The number of rotatable bonds is 7. The van der Waals surface area contributed by atoms with Gasteiger partial charge in [0.25, 0.3) is 5.91 Å². The molecule has 2 aliphatic rings. The SMILES string of the molecule is COCC(C)(O)c1cc(F)c2c(c1)C(=O)N(Cc1ccc(Cl)cn1)[C@@]2(c1ccc(Cl)cc1)C1(O)CC1C. The van der Waals surface area contributed by atoms with E-state index in [0.717, 1.165) is 0 Å². The van der Waals surface area contributed by atoms with Crippen LogP contribution in [0.4, 0.5) is 4.39 Å². The Hall–Kier alpha value is -2.55. The van der Waals surface area contributed by atoms with Crippen LogP contribution in [0.25, 0.3) is 0 Å². The summed E-state index contributed by atoms with van der Waals surface area (Å²) in [6, 6.07) is 12.8. The van der Waals surface area contributed by atoms with Crippen LogP contribution in [0.5, 0.6) is 0 Å². The van der Waals surface area contributed by atoms with Crippen molar-refractivity contribution in [2.45, 2.75) is 43.6 Å². The molecule has 9 heteroatoms. The average molecular weight is 545 g/mol. The van der Waals surface area contributed by atoms with Gasteiger partial charge in [-0.3, -0.25) is 9.78 Å². The summed E-state index contributed by atoms with van der Waals surface area (Å²) in [4.78, 5) is 20.0. The fourth-order valence-corrected chi connectivity index (χ4v) is 5.94. The molecular weight excluding hydrogens is 518 g/mol. The van der Waals surface area contributed by atoms with Crippen LogP contribution in [0.2, 0.25) is 10.0 Å². The topological polar surface area (TPSA) is 82.9 Å². The molecule has 1 aliphatic heterocycles. The Kier molecular flexibility index (Phi) is 6.36. The first-order valence-corrected chi connectivity index (χ1v) is 12.7. The summed E-state index contributed by atoms with van der Waals surface area (Å²) in [6.07, 6.45) is 1.83. The molecule has 0 radical (unpaired) electrons. The van der Waals surface area contributed by atoms with E-state index in [4.69, 9.17) is 27.9 Å². The van der Waals surface area contributed by atoms with E-state index in [1.54, 1.807) is 36.4 Å². The number of amides is 1. The van der Waals surface area contributed by atoms with Crippen molar-refractivity contribution in [3.05, 3.63) is 98.5 Å².